The van der Waals surface area contributed by atoms with Crippen molar-refractivity contribution in [2.45, 2.75) is 43.0 Å². The lowest BCUT2D eigenvalue weighted by atomic mass is 9.96. The third kappa shape index (κ3) is 3.11. The summed E-state index contributed by atoms with van der Waals surface area (Å²) in [4.78, 5) is -0.342. The third-order valence-electron chi connectivity index (χ3n) is 3.08. The van der Waals surface area contributed by atoms with Gasteiger partial charge in [0.2, 0.25) is 6.21 Å². The summed E-state index contributed by atoms with van der Waals surface area (Å²) in [5.41, 5.74) is 0. The van der Waals surface area contributed by atoms with Gasteiger partial charge in [0.15, 0.2) is 11.8 Å². The summed E-state index contributed by atoms with van der Waals surface area (Å²) >= 11 is 0. The number of rotatable bonds is 3. The normalized spacial score (nSPS) is 19.1. The molecule has 1 aromatic rings. The maximum atomic E-state index is 11.8. The molecular weight excluding hydrogens is 258 g/mol. The first-order chi connectivity index (χ1) is 8.47. The summed E-state index contributed by atoms with van der Waals surface area (Å²) in [7, 11) is -4.28. The Hall–Kier alpha value is -1.34. The molecule has 1 saturated carbocycles. The molecule has 1 fully saturated rings. The second kappa shape index (κ2) is 5.11. The largest absolute Gasteiger partial charge is 0.624 e. The zero-order valence-corrected chi connectivity index (χ0v) is 10.6. The maximum Gasteiger partial charge on any atom is 0.297 e. The molecule has 100 valence electrons. The standard InChI is InChI=1S/C11H15NO5S/c13-12(9-4-2-1-3-5-9)7-10-6-11(8-17-10)18(14,15)16/h6-9H,1-5H2,(H,14,15,16). The van der Waals surface area contributed by atoms with Gasteiger partial charge in [-0.05, 0) is 12.8 Å². The zero-order chi connectivity index (χ0) is 13.2. The van der Waals surface area contributed by atoms with E-state index >= 15 is 0 Å². The Kier molecular flexibility index (Phi) is 3.72. The highest BCUT2D eigenvalue weighted by atomic mass is 32.2. The smallest absolute Gasteiger partial charge is 0.297 e. The van der Waals surface area contributed by atoms with Gasteiger partial charge in [0.1, 0.15) is 11.2 Å². The molecular formula is C11H15NO5S. The van der Waals surface area contributed by atoms with Gasteiger partial charge in [-0.1, -0.05) is 6.42 Å². The van der Waals surface area contributed by atoms with Crippen LogP contribution in [-0.4, -0.2) is 30.0 Å². The van der Waals surface area contributed by atoms with Gasteiger partial charge in [0.25, 0.3) is 10.1 Å². The first kappa shape index (κ1) is 13.1. The van der Waals surface area contributed by atoms with Crippen molar-refractivity contribution in [3.05, 3.63) is 23.3 Å². The van der Waals surface area contributed by atoms with E-state index in [0.29, 0.717) is 0 Å². The summed E-state index contributed by atoms with van der Waals surface area (Å²) in [6.45, 7) is 0. The van der Waals surface area contributed by atoms with E-state index in [0.717, 1.165) is 49.2 Å². The highest BCUT2D eigenvalue weighted by Gasteiger charge is 2.20. The predicted octanol–water partition coefficient (Wildman–Crippen LogP) is 1.79. The van der Waals surface area contributed by atoms with Gasteiger partial charge in [-0.15, -0.1) is 0 Å². The number of nitrogens with zero attached hydrogens (tertiary/aromatic N) is 1. The average molecular weight is 273 g/mol. The molecule has 0 spiro atoms. The maximum absolute atomic E-state index is 11.8. The average Bonchev–Trinajstić information content (AvgIpc) is 2.78. The highest BCUT2D eigenvalue weighted by Crippen LogP contribution is 2.20. The fraction of sp³-hybridized carbons (Fsp3) is 0.545. The molecule has 0 aromatic carbocycles. The summed E-state index contributed by atoms with van der Waals surface area (Å²) in [6.07, 6.45) is 7.04. The lowest BCUT2D eigenvalue weighted by Gasteiger charge is -2.20. The molecule has 0 amide bonds. The van der Waals surface area contributed by atoms with E-state index in [-0.39, 0.29) is 16.7 Å². The minimum atomic E-state index is -4.28. The fourth-order valence-electron chi connectivity index (χ4n) is 2.10. The number of hydroxylamine groups is 1. The molecule has 0 atom stereocenters. The number of hydrogen-bond acceptors (Lipinski definition) is 4. The zero-order valence-electron chi connectivity index (χ0n) is 9.78. The summed E-state index contributed by atoms with van der Waals surface area (Å²) < 4.78 is 36.2. The molecule has 1 N–H and O–H groups in total. The fourth-order valence-corrected chi connectivity index (χ4v) is 2.54. The predicted molar refractivity (Wildman–Crippen MR) is 64.2 cm³/mol. The highest BCUT2D eigenvalue weighted by molar-refractivity contribution is 7.85. The van der Waals surface area contributed by atoms with Crippen LogP contribution in [0.3, 0.4) is 0 Å². The van der Waals surface area contributed by atoms with Crippen molar-refractivity contribution in [2.75, 3.05) is 0 Å². The van der Waals surface area contributed by atoms with Gasteiger partial charge in [-0.25, -0.2) is 4.74 Å². The van der Waals surface area contributed by atoms with Crippen LogP contribution in [0.4, 0.5) is 0 Å². The first-order valence-electron chi connectivity index (χ1n) is 5.83. The molecule has 1 aliphatic rings. The monoisotopic (exact) mass is 273 g/mol. The van der Waals surface area contributed by atoms with E-state index in [9.17, 15) is 13.6 Å². The number of hydrogen-bond donors (Lipinski definition) is 1. The molecule has 0 bridgehead atoms. The first-order valence-corrected chi connectivity index (χ1v) is 7.27. The van der Waals surface area contributed by atoms with E-state index in [1.807, 2.05) is 0 Å². The summed E-state index contributed by atoms with van der Waals surface area (Å²) in [5.74, 6) is 0.128. The second-order valence-corrected chi connectivity index (χ2v) is 5.86. The Labute approximate surface area is 105 Å². The SMILES string of the molecule is O=S(=O)(O)c1coc(C=[N+]([O-])C2CCCCC2)c1. The second-order valence-electron chi connectivity index (χ2n) is 4.44. The molecule has 18 heavy (non-hydrogen) atoms. The minimum absolute atomic E-state index is 0.0713. The molecule has 1 aromatic heterocycles. The van der Waals surface area contributed by atoms with Crippen LogP contribution < -0.4 is 0 Å². The number of furan rings is 1. The molecule has 0 aliphatic heterocycles. The van der Waals surface area contributed by atoms with Crippen LogP contribution in [0.2, 0.25) is 0 Å². The van der Waals surface area contributed by atoms with E-state index in [4.69, 9.17) is 8.97 Å². The van der Waals surface area contributed by atoms with E-state index in [1.54, 1.807) is 0 Å². The van der Waals surface area contributed by atoms with Crippen molar-refractivity contribution in [1.29, 1.82) is 0 Å². The van der Waals surface area contributed by atoms with Crippen LogP contribution in [0, 0.1) is 5.21 Å². The van der Waals surface area contributed by atoms with Crippen LogP contribution in [0.1, 0.15) is 37.9 Å². The minimum Gasteiger partial charge on any atom is -0.624 e. The van der Waals surface area contributed by atoms with E-state index in [1.165, 1.54) is 6.21 Å². The van der Waals surface area contributed by atoms with Crippen LogP contribution in [-0.2, 0) is 10.1 Å². The van der Waals surface area contributed by atoms with E-state index < -0.39 is 10.1 Å². The van der Waals surface area contributed by atoms with Crippen molar-refractivity contribution < 1.29 is 22.1 Å². The molecule has 0 radical (unpaired) electrons. The van der Waals surface area contributed by atoms with Gasteiger partial charge in [-0.3, -0.25) is 4.55 Å². The summed E-state index contributed by atoms with van der Waals surface area (Å²) in [6, 6.07) is 1.06. The topological polar surface area (TPSA) is 93.6 Å². The Balaban J connectivity index is 2.14. The Bertz CT molecular complexity index is 540. The molecule has 0 saturated heterocycles. The van der Waals surface area contributed by atoms with Gasteiger partial charge in [0.05, 0.1) is 0 Å². The molecule has 1 heterocycles. The molecule has 1 aliphatic carbocycles. The Morgan fingerprint density at radius 3 is 2.61 bits per heavy atom. The van der Waals surface area contributed by atoms with E-state index in [2.05, 4.69) is 0 Å². The van der Waals surface area contributed by atoms with Crippen molar-refractivity contribution in [2.24, 2.45) is 0 Å². The van der Waals surface area contributed by atoms with Crippen LogP contribution in [0.15, 0.2) is 21.6 Å². The third-order valence-corrected chi connectivity index (χ3v) is 3.89. The quantitative estimate of drug-likeness (QED) is 0.298. The molecule has 7 heteroatoms. The van der Waals surface area contributed by atoms with Crippen molar-refractivity contribution in [3.8, 4) is 0 Å². The summed E-state index contributed by atoms with van der Waals surface area (Å²) in [5, 5.41) is 11.8. The molecule has 6 nitrogen and oxygen atoms in total. The van der Waals surface area contributed by atoms with Crippen LogP contribution in [0.5, 0.6) is 0 Å². The van der Waals surface area contributed by atoms with Crippen molar-refractivity contribution in [1.82, 2.24) is 0 Å². The van der Waals surface area contributed by atoms with Crippen molar-refractivity contribution in [3.63, 3.8) is 0 Å². The lowest BCUT2D eigenvalue weighted by molar-refractivity contribution is -0.501. The Morgan fingerprint density at radius 1 is 1.39 bits per heavy atom. The van der Waals surface area contributed by atoms with Gasteiger partial charge < -0.3 is 9.62 Å². The molecule has 0 unspecified atom stereocenters. The Morgan fingerprint density at radius 2 is 2.06 bits per heavy atom. The van der Waals surface area contributed by atoms with Crippen molar-refractivity contribution >= 4 is 16.3 Å². The van der Waals surface area contributed by atoms with Crippen LogP contribution in [0.25, 0.3) is 0 Å². The van der Waals surface area contributed by atoms with Gasteiger partial charge in [-0.2, -0.15) is 8.42 Å². The van der Waals surface area contributed by atoms with Gasteiger partial charge >= 0.3 is 0 Å². The van der Waals surface area contributed by atoms with Crippen LogP contribution >= 0.6 is 0 Å². The lowest BCUT2D eigenvalue weighted by Crippen LogP contribution is -2.25. The van der Waals surface area contributed by atoms with Gasteiger partial charge in [0, 0.05) is 18.9 Å². The molecule has 2 rings (SSSR count).